The van der Waals surface area contributed by atoms with Crippen molar-refractivity contribution < 1.29 is 24.0 Å². The summed E-state index contributed by atoms with van der Waals surface area (Å²) >= 11 is 1.58. The average Bonchev–Trinajstić information content (AvgIpc) is 3.01. The minimum Gasteiger partial charge on any atom is -0.467 e. The third-order valence-corrected chi connectivity index (χ3v) is 8.16. The molecule has 0 fully saturated rings. The number of hydrogen-bond acceptors (Lipinski definition) is 8. The normalized spacial score (nSPS) is 13.2. The Morgan fingerprint density at radius 1 is 1.02 bits per heavy atom. The highest BCUT2D eigenvalue weighted by atomic mass is 32.2. The quantitative estimate of drug-likeness (QED) is 0.135. The molecular weight excluding hydrogens is 568 g/mol. The Morgan fingerprint density at radius 3 is 2.37 bits per heavy atom. The average molecular weight is 609 g/mol. The number of fused-ring (bicyclic) bond motifs is 1. The SMILES string of the molecule is CC[C@H](C)[C@@H](CN(CC(=O)N[C@@H](CCSC)C(=O)OC)Cc1cccc2ccccc12)NC(=O)c1ccc([N+](=O)[O-])cc1. The van der Waals surface area contributed by atoms with Crippen molar-refractivity contribution in [3.8, 4) is 0 Å². The van der Waals surface area contributed by atoms with Crippen LogP contribution in [0.5, 0.6) is 0 Å². The summed E-state index contributed by atoms with van der Waals surface area (Å²) in [4.78, 5) is 51.4. The zero-order valence-electron chi connectivity index (χ0n) is 25.1. The Hall–Kier alpha value is -3.96. The van der Waals surface area contributed by atoms with E-state index in [9.17, 15) is 24.5 Å². The van der Waals surface area contributed by atoms with Gasteiger partial charge in [-0.05, 0) is 52.8 Å². The summed E-state index contributed by atoms with van der Waals surface area (Å²) in [6, 6.07) is 18.5. The van der Waals surface area contributed by atoms with Crippen molar-refractivity contribution in [3.63, 3.8) is 0 Å². The molecule has 0 saturated heterocycles. The van der Waals surface area contributed by atoms with E-state index in [1.807, 2.05) is 67.5 Å². The Labute approximate surface area is 256 Å². The third-order valence-electron chi connectivity index (χ3n) is 7.52. The lowest BCUT2D eigenvalue weighted by atomic mass is 9.97. The monoisotopic (exact) mass is 608 g/mol. The summed E-state index contributed by atoms with van der Waals surface area (Å²) in [5, 5.41) is 19.1. The van der Waals surface area contributed by atoms with Gasteiger partial charge in [0.05, 0.1) is 18.6 Å². The number of nitro groups is 1. The Balaban J connectivity index is 1.87. The van der Waals surface area contributed by atoms with Crippen LogP contribution in [0.4, 0.5) is 5.69 Å². The number of methoxy groups -OCH3 is 1. The molecule has 3 rings (SSSR count). The molecule has 2 N–H and O–H groups in total. The van der Waals surface area contributed by atoms with Crippen LogP contribution < -0.4 is 10.6 Å². The van der Waals surface area contributed by atoms with Gasteiger partial charge in [-0.25, -0.2) is 4.79 Å². The predicted molar refractivity (Wildman–Crippen MR) is 170 cm³/mol. The van der Waals surface area contributed by atoms with Gasteiger partial charge < -0.3 is 15.4 Å². The number of carbonyl (C=O) groups is 3. The molecule has 3 atom stereocenters. The first-order valence-corrected chi connectivity index (χ1v) is 15.7. The number of nitro benzene ring substituents is 1. The first-order chi connectivity index (χ1) is 20.7. The lowest BCUT2D eigenvalue weighted by Crippen LogP contribution is -2.51. The fraction of sp³-hybridized carbons (Fsp3) is 0.406. The maximum atomic E-state index is 13.3. The molecule has 10 nitrogen and oxygen atoms in total. The van der Waals surface area contributed by atoms with E-state index in [0.29, 0.717) is 30.8 Å². The number of non-ortho nitro benzene ring substituents is 1. The van der Waals surface area contributed by atoms with Gasteiger partial charge in [-0.2, -0.15) is 11.8 Å². The van der Waals surface area contributed by atoms with Crippen LogP contribution in [0.3, 0.4) is 0 Å². The molecule has 0 unspecified atom stereocenters. The van der Waals surface area contributed by atoms with Crippen LogP contribution in [0, 0.1) is 16.0 Å². The lowest BCUT2D eigenvalue weighted by molar-refractivity contribution is -0.384. The summed E-state index contributed by atoms with van der Waals surface area (Å²) in [5.41, 5.74) is 1.25. The van der Waals surface area contributed by atoms with Crippen LogP contribution in [-0.2, 0) is 20.9 Å². The zero-order valence-corrected chi connectivity index (χ0v) is 25.9. The number of benzene rings is 3. The van der Waals surface area contributed by atoms with E-state index in [2.05, 4.69) is 10.6 Å². The molecule has 0 saturated carbocycles. The molecule has 0 spiro atoms. The second-order valence-electron chi connectivity index (χ2n) is 10.5. The fourth-order valence-electron chi connectivity index (χ4n) is 4.84. The van der Waals surface area contributed by atoms with Gasteiger partial charge in [0.25, 0.3) is 11.6 Å². The minimum absolute atomic E-state index is 0.00365. The number of esters is 1. The number of nitrogens with zero attached hydrogens (tertiary/aromatic N) is 2. The number of thioether (sulfide) groups is 1. The van der Waals surface area contributed by atoms with Gasteiger partial charge in [-0.1, -0.05) is 62.7 Å². The molecule has 0 bridgehead atoms. The van der Waals surface area contributed by atoms with Crippen LogP contribution in [0.25, 0.3) is 10.8 Å². The van der Waals surface area contributed by atoms with Gasteiger partial charge in [-0.15, -0.1) is 0 Å². The summed E-state index contributed by atoms with van der Waals surface area (Å²) in [6.45, 7) is 4.86. The van der Waals surface area contributed by atoms with E-state index in [4.69, 9.17) is 4.74 Å². The molecule has 2 amide bonds. The molecule has 0 radical (unpaired) electrons. The number of ether oxygens (including phenoxy) is 1. The molecule has 0 aliphatic carbocycles. The van der Waals surface area contributed by atoms with E-state index >= 15 is 0 Å². The summed E-state index contributed by atoms with van der Waals surface area (Å²) in [5.74, 6) is -0.413. The number of carbonyl (C=O) groups excluding carboxylic acids is 3. The molecule has 0 aliphatic heterocycles. The topological polar surface area (TPSA) is 131 Å². The first-order valence-electron chi connectivity index (χ1n) is 14.3. The number of hydrogen-bond donors (Lipinski definition) is 2. The standard InChI is InChI=1S/C32H40N4O6S/c1-5-22(2)29(34-31(38)24-13-15-26(16-14-24)36(40)41)20-35(19-25-11-8-10-23-9-6-7-12-27(23)25)21-30(37)33-28(17-18-43-4)32(39)42-3/h6-16,22,28-29H,5,17-21H2,1-4H3,(H,33,37)(H,34,38)/t22-,28-,29+/m0/s1. The zero-order chi connectivity index (χ0) is 31.4. The van der Waals surface area contributed by atoms with E-state index < -0.39 is 16.9 Å². The second-order valence-corrected chi connectivity index (χ2v) is 11.5. The van der Waals surface area contributed by atoms with Crippen molar-refractivity contribution in [3.05, 3.63) is 88.0 Å². The Bertz CT molecular complexity index is 1390. The molecular formula is C32H40N4O6S. The van der Waals surface area contributed by atoms with Crippen molar-refractivity contribution >= 4 is 46.0 Å². The van der Waals surface area contributed by atoms with E-state index in [1.54, 1.807) is 11.8 Å². The molecule has 11 heteroatoms. The van der Waals surface area contributed by atoms with E-state index in [0.717, 1.165) is 22.8 Å². The summed E-state index contributed by atoms with van der Waals surface area (Å²) < 4.78 is 4.91. The maximum Gasteiger partial charge on any atom is 0.328 e. The van der Waals surface area contributed by atoms with Gasteiger partial charge in [0.15, 0.2) is 0 Å². The third kappa shape index (κ3) is 9.79. The lowest BCUT2D eigenvalue weighted by Gasteiger charge is -2.32. The summed E-state index contributed by atoms with van der Waals surface area (Å²) in [7, 11) is 1.30. The number of amides is 2. The molecule has 0 heterocycles. The molecule has 3 aromatic carbocycles. The highest BCUT2D eigenvalue weighted by Crippen LogP contribution is 2.21. The predicted octanol–water partition coefficient (Wildman–Crippen LogP) is 4.81. The van der Waals surface area contributed by atoms with E-state index in [-0.39, 0.29) is 36.0 Å². The van der Waals surface area contributed by atoms with Crippen LogP contribution in [-0.4, -0.2) is 71.9 Å². The van der Waals surface area contributed by atoms with Crippen LogP contribution >= 0.6 is 11.8 Å². The smallest absolute Gasteiger partial charge is 0.328 e. The van der Waals surface area contributed by atoms with E-state index in [1.165, 1.54) is 31.4 Å². The second kappa shape index (κ2) is 16.6. The molecule has 230 valence electrons. The van der Waals surface area contributed by atoms with Gasteiger partial charge in [0, 0.05) is 36.8 Å². The molecule has 43 heavy (non-hydrogen) atoms. The van der Waals surface area contributed by atoms with Crippen LogP contribution in [0.2, 0.25) is 0 Å². The van der Waals surface area contributed by atoms with Gasteiger partial charge in [0.2, 0.25) is 5.91 Å². The van der Waals surface area contributed by atoms with Crippen molar-refractivity contribution in [2.24, 2.45) is 5.92 Å². The Morgan fingerprint density at radius 2 is 1.72 bits per heavy atom. The first kappa shape index (κ1) is 33.5. The highest BCUT2D eigenvalue weighted by molar-refractivity contribution is 7.98. The molecule has 0 aromatic heterocycles. The van der Waals surface area contributed by atoms with Crippen LogP contribution in [0.1, 0.15) is 42.6 Å². The maximum absolute atomic E-state index is 13.3. The van der Waals surface area contributed by atoms with Gasteiger partial charge in [-0.3, -0.25) is 24.6 Å². The number of rotatable bonds is 16. The number of nitrogens with one attached hydrogen (secondary N) is 2. The fourth-order valence-corrected chi connectivity index (χ4v) is 5.31. The molecule has 3 aromatic rings. The van der Waals surface area contributed by atoms with Crippen LogP contribution in [0.15, 0.2) is 66.7 Å². The minimum atomic E-state index is -0.753. The van der Waals surface area contributed by atoms with Gasteiger partial charge >= 0.3 is 5.97 Å². The van der Waals surface area contributed by atoms with Crippen molar-refractivity contribution in [2.45, 2.75) is 45.3 Å². The summed E-state index contributed by atoms with van der Waals surface area (Å²) in [6.07, 6.45) is 3.16. The largest absolute Gasteiger partial charge is 0.467 e. The van der Waals surface area contributed by atoms with Crippen molar-refractivity contribution in [1.29, 1.82) is 0 Å². The Kier molecular flexibility index (Phi) is 13.0. The molecule has 0 aliphatic rings. The van der Waals surface area contributed by atoms with Gasteiger partial charge in [0.1, 0.15) is 6.04 Å². The van der Waals surface area contributed by atoms with Crippen molar-refractivity contribution in [2.75, 3.05) is 32.2 Å². The highest BCUT2D eigenvalue weighted by Gasteiger charge is 2.26. The van der Waals surface area contributed by atoms with Crippen molar-refractivity contribution in [1.82, 2.24) is 15.5 Å².